The van der Waals surface area contributed by atoms with Crippen molar-refractivity contribution in [2.75, 3.05) is 13.2 Å². The van der Waals surface area contributed by atoms with Crippen LogP contribution < -0.4 is 0 Å². The van der Waals surface area contributed by atoms with Crippen LogP contribution in [0.2, 0.25) is 0 Å². The number of aryl methyl sites for hydroxylation is 1. The van der Waals surface area contributed by atoms with Gasteiger partial charge in [-0.25, -0.2) is 4.79 Å². The Labute approximate surface area is 155 Å². The molecule has 1 aromatic heterocycles. The predicted molar refractivity (Wildman–Crippen MR) is 102 cm³/mol. The summed E-state index contributed by atoms with van der Waals surface area (Å²) in [6, 6.07) is 10.3. The third-order valence-corrected chi connectivity index (χ3v) is 4.53. The van der Waals surface area contributed by atoms with E-state index in [0.717, 1.165) is 35.0 Å². The van der Waals surface area contributed by atoms with Crippen LogP contribution >= 0.6 is 0 Å². The van der Waals surface area contributed by atoms with Crippen molar-refractivity contribution in [2.45, 2.75) is 58.7 Å². The van der Waals surface area contributed by atoms with Crippen LogP contribution in [0.3, 0.4) is 0 Å². The number of hydrogen-bond acceptors (Lipinski definition) is 4. The molecule has 0 unspecified atom stereocenters. The van der Waals surface area contributed by atoms with Crippen molar-refractivity contribution in [2.24, 2.45) is 0 Å². The van der Waals surface area contributed by atoms with Gasteiger partial charge in [-0.1, -0.05) is 18.2 Å². The van der Waals surface area contributed by atoms with E-state index in [-0.39, 0.29) is 12.1 Å². The number of amides is 1. The number of carbonyl (C=O) groups is 1. The number of ether oxygens (including phenoxy) is 2. The fourth-order valence-corrected chi connectivity index (χ4v) is 3.37. The van der Waals surface area contributed by atoms with E-state index in [9.17, 15) is 4.79 Å². The lowest BCUT2D eigenvalue weighted by molar-refractivity contribution is -0.00798. The SMILES string of the molecule is Cc1cc(CN(C(=O)OC(C)(C)C)C2CCOCC2)c2ccccc2n1. The molecule has 1 aliphatic heterocycles. The highest BCUT2D eigenvalue weighted by molar-refractivity contribution is 5.82. The van der Waals surface area contributed by atoms with Crippen molar-refractivity contribution in [1.82, 2.24) is 9.88 Å². The molecule has 2 aromatic rings. The Kier molecular flexibility index (Phi) is 5.47. The molecule has 1 fully saturated rings. The van der Waals surface area contributed by atoms with Gasteiger partial charge in [0.05, 0.1) is 12.1 Å². The lowest BCUT2D eigenvalue weighted by atomic mass is 10.0. The summed E-state index contributed by atoms with van der Waals surface area (Å²) in [6.07, 6.45) is 1.41. The molecule has 1 amide bonds. The molecule has 0 aliphatic carbocycles. The van der Waals surface area contributed by atoms with Gasteiger partial charge in [-0.3, -0.25) is 4.98 Å². The highest BCUT2D eigenvalue weighted by Crippen LogP contribution is 2.25. The second kappa shape index (κ2) is 7.62. The first-order valence-corrected chi connectivity index (χ1v) is 9.26. The summed E-state index contributed by atoms with van der Waals surface area (Å²) in [5.74, 6) is 0. The van der Waals surface area contributed by atoms with Gasteiger partial charge in [0.2, 0.25) is 0 Å². The summed E-state index contributed by atoms with van der Waals surface area (Å²) >= 11 is 0. The van der Waals surface area contributed by atoms with Crippen molar-refractivity contribution in [3.05, 3.63) is 41.6 Å². The van der Waals surface area contributed by atoms with Crippen LogP contribution in [0, 0.1) is 6.92 Å². The second-order valence-electron chi connectivity index (χ2n) is 7.89. The lowest BCUT2D eigenvalue weighted by Gasteiger charge is -2.35. The summed E-state index contributed by atoms with van der Waals surface area (Å²) in [4.78, 5) is 19.4. The fraction of sp³-hybridized carbons (Fsp3) is 0.524. The summed E-state index contributed by atoms with van der Waals surface area (Å²) in [5, 5.41) is 1.08. The molecule has 2 heterocycles. The number of rotatable bonds is 3. The lowest BCUT2D eigenvalue weighted by Crippen LogP contribution is -2.45. The van der Waals surface area contributed by atoms with Crippen molar-refractivity contribution < 1.29 is 14.3 Å². The molecule has 0 spiro atoms. The third kappa shape index (κ3) is 4.52. The second-order valence-corrected chi connectivity index (χ2v) is 7.89. The Bertz CT molecular complexity index is 776. The summed E-state index contributed by atoms with van der Waals surface area (Å²) in [7, 11) is 0. The van der Waals surface area contributed by atoms with Gasteiger partial charge in [-0.2, -0.15) is 0 Å². The van der Waals surface area contributed by atoms with Crippen LogP contribution in [0.5, 0.6) is 0 Å². The van der Waals surface area contributed by atoms with Gasteiger partial charge in [0.1, 0.15) is 5.60 Å². The standard InChI is InChI=1S/C21H28N2O3/c1-15-13-16(18-7-5-6-8-19(18)22-15)14-23(17-9-11-25-12-10-17)20(24)26-21(2,3)4/h5-8,13,17H,9-12,14H2,1-4H3. The molecule has 1 aliphatic rings. The number of aromatic nitrogens is 1. The minimum atomic E-state index is -0.517. The first kappa shape index (κ1) is 18.6. The van der Waals surface area contributed by atoms with Gasteiger partial charge < -0.3 is 14.4 Å². The van der Waals surface area contributed by atoms with Crippen LogP contribution in [0.4, 0.5) is 4.79 Å². The molecular weight excluding hydrogens is 328 g/mol. The van der Waals surface area contributed by atoms with Crippen molar-refractivity contribution in [1.29, 1.82) is 0 Å². The fourth-order valence-electron chi connectivity index (χ4n) is 3.37. The van der Waals surface area contributed by atoms with Gasteiger partial charge >= 0.3 is 6.09 Å². The van der Waals surface area contributed by atoms with Crippen molar-refractivity contribution >= 4 is 17.0 Å². The molecule has 1 aromatic carbocycles. The Morgan fingerprint density at radius 3 is 2.65 bits per heavy atom. The molecule has 0 radical (unpaired) electrons. The number of pyridine rings is 1. The molecule has 140 valence electrons. The molecule has 1 saturated heterocycles. The quantitative estimate of drug-likeness (QED) is 0.815. The largest absolute Gasteiger partial charge is 0.444 e. The number of hydrogen-bond donors (Lipinski definition) is 0. The maximum Gasteiger partial charge on any atom is 0.410 e. The molecular formula is C21H28N2O3. The van der Waals surface area contributed by atoms with E-state index in [1.54, 1.807) is 0 Å². The normalized spacial score (nSPS) is 15.8. The smallest absolute Gasteiger partial charge is 0.410 e. The zero-order valence-electron chi connectivity index (χ0n) is 16.1. The van der Waals surface area contributed by atoms with E-state index in [1.165, 1.54) is 0 Å². The van der Waals surface area contributed by atoms with E-state index >= 15 is 0 Å². The Morgan fingerprint density at radius 2 is 1.96 bits per heavy atom. The topological polar surface area (TPSA) is 51.7 Å². The van der Waals surface area contributed by atoms with Crippen LogP contribution in [0.1, 0.15) is 44.9 Å². The van der Waals surface area contributed by atoms with E-state index < -0.39 is 5.60 Å². The highest BCUT2D eigenvalue weighted by atomic mass is 16.6. The molecule has 0 bridgehead atoms. The first-order chi connectivity index (χ1) is 12.3. The number of fused-ring (bicyclic) bond motifs is 1. The van der Waals surface area contributed by atoms with Crippen LogP contribution in [-0.2, 0) is 16.0 Å². The van der Waals surface area contributed by atoms with Gasteiger partial charge in [0.15, 0.2) is 0 Å². The average Bonchev–Trinajstić information content (AvgIpc) is 2.58. The van der Waals surface area contributed by atoms with E-state index in [4.69, 9.17) is 9.47 Å². The third-order valence-electron chi connectivity index (χ3n) is 4.53. The Hall–Kier alpha value is -2.14. The van der Waals surface area contributed by atoms with Gasteiger partial charge in [0.25, 0.3) is 0 Å². The van der Waals surface area contributed by atoms with Crippen molar-refractivity contribution in [3.63, 3.8) is 0 Å². The predicted octanol–water partition coefficient (Wildman–Crippen LogP) is 4.46. The summed E-state index contributed by atoms with van der Waals surface area (Å²) in [5.41, 5.74) is 2.50. The van der Waals surface area contributed by atoms with Gasteiger partial charge in [-0.05, 0) is 58.2 Å². The highest BCUT2D eigenvalue weighted by Gasteiger charge is 2.30. The van der Waals surface area contributed by atoms with E-state index in [1.807, 2.05) is 50.8 Å². The molecule has 3 rings (SSSR count). The number of carbonyl (C=O) groups excluding carboxylic acids is 1. The minimum Gasteiger partial charge on any atom is -0.444 e. The number of para-hydroxylation sites is 1. The zero-order valence-corrected chi connectivity index (χ0v) is 16.1. The van der Waals surface area contributed by atoms with Gasteiger partial charge in [0, 0.05) is 30.3 Å². The Morgan fingerprint density at radius 1 is 1.27 bits per heavy atom. The molecule has 5 heteroatoms. The summed E-state index contributed by atoms with van der Waals surface area (Å²) in [6.45, 7) is 9.57. The van der Waals surface area contributed by atoms with Crippen LogP contribution in [0.25, 0.3) is 10.9 Å². The van der Waals surface area contributed by atoms with Crippen molar-refractivity contribution in [3.8, 4) is 0 Å². The maximum absolute atomic E-state index is 12.9. The number of benzene rings is 1. The molecule has 0 N–H and O–H groups in total. The van der Waals surface area contributed by atoms with Crippen LogP contribution in [0.15, 0.2) is 30.3 Å². The molecule has 0 saturated carbocycles. The van der Waals surface area contributed by atoms with E-state index in [2.05, 4.69) is 17.1 Å². The van der Waals surface area contributed by atoms with Gasteiger partial charge in [-0.15, -0.1) is 0 Å². The Balaban J connectivity index is 1.93. The number of nitrogens with zero attached hydrogens (tertiary/aromatic N) is 2. The minimum absolute atomic E-state index is 0.130. The molecule has 5 nitrogen and oxygen atoms in total. The average molecular weight is 356 g/mol. The summed E-state index contributed by atoms with van der Waals surface area (Å²) < 4.78 is 11.2. The molecule has 26 heavy (non-hydrogen) atoms. The maximum atomic E-state index is 12.9. The zero-order chi connectivity index (χ0) is 18.7. The van der Waals surface area contributed by atoms with E-state index in [0.29, 0.717) is 19.8 Å². The van der Waals surface area contributed by atoms with Crippen LogP contribution in [-0.4, -0.2) is 40.8 Å². The molecule has 0 atom stereocenters. The monoisotopic (exact) mass is 356 g/mol. The first-order valence-electron chi connectivity index (χ1n) is 9.26.